The van der Waals surface area contributed by atoms with Crippen LogP contribution in [0.1, 0.15) is 79.6 Å². The van der Waals surface area contributed by atoms with Gasteiger partial charge in [-0.2, -0.15) is 0 Å². The van der Waals surface area contributed by atoms with Crippen LogP contribution in [-0.2, 0) is 28.5 Å². The molecule has 0 aromatic heterocycles. The average molecular weight is 643 g/mol. The number of hydrogen-bond acceptors (Lipinski definition) is 10. The number of rotatable bonds is 18. The van der Waals surface area contributed by atoms with E-state index in [1.807, 2.05) is 13.8 Å². The molecule has 1 saturated carbocycles. The lowest BCUT2D eigenvalue weighted by atomic mass is 9.68. The monoisotopic (exact) mass is 642 g/mol. The standard InChI is InChI=1S/C31H54N4O8S/c1-20(2)11-12-24-30(5,43-24)27-26(39-6)23(13-14-31(27)19-41-31)42-29(38)35-22(21(3)4)18-40-28(37)33-16-10-8-7-9-15-32-25(36)17-34-44/h11,21-24,26-27,34,44H,7-10,12-19H2,1-6H3,(H,32,36)(H,33,37)(H,35,38)/t22-,23?,24?,26?,27?,30?,31?/m0/s1. The van der Waals surface area contributed by atoms with Crippen molar-refractivity contribution in [3.05, 3.63) is 11.6 Å². The molecular weight excluding hydrogens is 588 g/mol. The highest BCUT2D eigenvalue weighted by molar-refractivity contribution is 7.78. The van der Waals surface area contributed by atoms with Gasteiger partial charge in [-0.3, -0.25) is 9.52 Å². The molecule has 3 aliphatic rings. The number of carbonyl (C=O) groups excluding carboxylic acids is 3. The highest BCUT2D eigenvalue weighted by Gasteiger charge is 2.72. The van der Waals surface area contributed by atoms with E-state index in [1.165, 1.54) is 5.57 Å². The molecule has 44 heavy (non-hydrogen) atoms. The molecule has 0 aromatic rings. The van der Waals surface area contributed by atoms with Gasteiger partial charge in [0.25, 0.3) is 0 Å². The molecule has 3 amide bonds. The first-order valence-electron chi connectivity index (χ1n) is 15.9. The van der Waals surface area contributed by atoms with Crippen LogP contribution in [0.3, 0.4) is 0 Å². The average Bonchev–Trinajstić information content (AvgIpc) is 3.88. The minimum atomic E-state index is -0.563. The molecule has 4 N–H and O–H groups in total. The fourth-order valence-electron chi connectivity index (χ4n) is 6.17. The van der Waals surface area contributed by atoms with Crippen LogP contribution in [0.2, 0.25) is 0 Å². The molecule has 0 aromatic carbocycles. The first-order chi connectivity index (χ1) is 21.0. The molecule has 6 unspecified atom stereocenters. The molecule has 0 radical (unpaired) electrons. The van der Waals surface area contributed by atoms with Gasteiger partial charge >= 0.3 is 12.2 Å². The number of allylic oxidation sites excluding steroid dienone is 1. The number of alkyl carbamates (subject to hydrolysis) is 2. The number of thiol groups is 1. The normalized spacial score (nSPS) is 29.5. The third-order valence-electron chi connectivity index (χ3n) is 8.93. The molecule has 13 heteroatoms. The van der Waals surface area contributed by atoms with Crippen LogP contribution in [0, 0.1) is 11.8 Å². The van der Waals surface area contributed by atoms with Gasteiger partial charge in [-0.1, -0.05) is 51.2 Å². The summed E-state index contributed by atoms with van der Waals surface area (Å²) in [6, 6.07) is -0.419. The Hall–Kier alpha value is -2.06. The van der Waals surface area contributed by atoms with Crippen LogP contribution in [0.15, 0.2) is 11.6 Å². The zero-order chi connectivity index (χ0) is 32.3. The number of methoxy groups -OCH3 is 1. The summed E-state index contributed by atoms with van der Waals surface area (Å²) in [7, 11) is 1.65. The second-order valence-corrected chi connectivity index (χ2v) is 13.3. The van der Waals surface area contributed by atoms with E-state index >= 15 is 0 Å². The van der Waals surface area contributed by atoms with Gasteiger partial charge in [0.2, 0.25) is 5.91 Å². The van der Waals surface area contributed by atoms with E-state index < -0.39 is 29.9 Å². The van der Waals surface area contributed by atoms with Crippen LogP contribution >= 0.6 is 12.8 Å². The Morgan fingerprint density at radius 3 is 2.34 bits per heavy atom. The Morgan fingerprint density at radius 2 is 1.75 bits per heavy atom. The summed E-state index contributed by atoms with van der Waals surface area (Å²) in [5.74, 6) is -0.136. The third kappa shape index (κ3) is 10.5. The largest absolute Gasteiger partial charge is 0.447 e. The molecule has 3 rings (SSSR count). The number of hydrogen-bond donors (Lipinski definition) is 5. The number of ether oxygens (including phenoxy) is 5. The molecule has 3 fully saturated rings. The first kappa shape index (κ1) is 36.4. The first-order valence-corrected chi connectivity index (χ1v) is 16.4. The molecule has 1 aliphatic carbocycles. The summed E-state index contributed by atoms with van der Waals surface area (Å²) in [5, 5.41) is 8.45. The fraction of sp³-hybridized carbons (Fsp3) is 0.839. The van der Waals surface area contributed by atoms with Crippen molar-refractivity contribution in [2.75, 3.05) is 40.0 Å². The molecule has 2 heterocycles. The number of amides is 3. The van der Waals surface area contributed by atoms with Crippen molar-refractivity contribution >= 4 is 30.9 Å². The smallest absolute Gasteiger partial charge is 0.407 e. The summed E-state index contributed by atoms with van der Waals surface area (Å²) in [6.45, 7) is 12.1. The molecule has 7 atom stereocenters. The molecule has 1 spiro atoms. The van der Waals surface area contributed by atoms with Crippen molar-refractivity contribution in [3.8, 4) is 0 Å². The maximum atomic E-state index is 13.1. The van der Waals surface area contributed by atoms with Gasteiger partial charge in [-0.05, 0) is 58.8 Å². The zero-order valence-electron chi connectivity index (χ0n) is 27.2. The van der Waals surface area contributed by atoms with Crippen LogP contribution in [0.25, 0.3) is 0 Å². The highest BCUT2D eigenvalue weighted by Crippen LogP contribution is 2.59. The number of nitrogens with one attached hydrogen (secondary N) is 4. The molecule has 0 bridgehead atoms. The van der Waals surface area contributed by atoms with Gasteiger partial charge in [0.05, 0.1) is 31.2 Å². The van der Waals surface area contributed by atoms with Gasteiger partial charge < -0.3 is 39.6 Å². The highest BCUT2D eigenvalue weighted by atomic mass is 32.1. The van der Waals surface area contributed by atoms with Gasteiger partial charge in [0, 0.05) is 20.2 Å². The van der Waals surface area contributed by atoms with E-state index in [0.29, 0.717) is 26.1 Å². The Bertz CT molecular complexity index is 990. The van der Waals surface area contributed by atoms with Crippen molar-refractivity contribution in [1.29, 1.82) is 0 Å². The van der Waals surface area contributed by atoms with Gasteiger partial charge in [-0.25, -0.2) is 9.59 Å². The van der Waals surface area contributed by atoms with Gasteiger partial charge in [-0.15, -0.1) is 0 Å². The molecular formula is C31H54N4O8S. The Morgan fingerprint density at radius 1 is 1.07 bits per heavy atom. The maximum absolute atomic E-state index is 13.1. The Balaban J connectivity index is 1.40. The second-order valence-electron chi connectivity index (χ2n) is 12.9. The Kier molecular flexibility index (Phi) is 14.1. The van der Waals surface area contributed by atoms with Crippen LogP contribution in [-0.4, -0.2) is 93.6 Å². The van der Waals surface area contributed by atoms with Crippen LogP contribution in [0.4, 0.5) is 9.59 Å². The van der Waals surface area contributed by atoms with Crippen molar-refractivity contribution < 1.29 is 38.1 Å². The van der Waals surface area contributed by atoms with E-state index in [4.69, 9.17) is 23.7 Å². The summed E-state index contributed by atoms with van der Waals surface area (Å²) in [4.78, 5) is 36.7. The lowest BCUT2D eigenvalue weighted by molar-refractivity contribution is -0.119. The van der Waals surface area contributed by atoms with Crippen LogP contribution in [0.5, 0.6) is 0 Å². The van der Waals surface area contributed by atoms with Crippen molar-refractivity contribution in [2.45, 2.75) is 115 Å². The van der Waals surface area contributed by atoms with E-state index in [9.17, 15) is 14.4 Å². The summed E-state index contributed by atoms with van der Waals surface area (Å²) < 4.78 is 32.1. The minimum Gasteiger partial charge on any atom is -0.447 e. The van der Waals surface area contributed by atoms with E-state index in [1.54, 1.807) is 7.11 Å². The quantitative estimate of drug-likeness (QED) is 0.0653. The number of carbonyl (C=O) groups is 3. The molecule has 252 valence electrons. The second kappa shape index (κ2) is 17.0. The maximum Gasteiger partial charge on any atom is 0.407 e. The van der Waals surface area contributed by atoms with E-state index in [0.717, 1.165) is 38.5 Å². The fourth-order valence-corrected chi connectivity index (χ4v) is 6.31. The topological polar surface area (TPSA) is 152 Å². The van der Waals surface area contributed by atoms with Gasteiger partial charge in [0.1, 0.15) is 30.0 Å². The lowest BCUT2D eigenvalue weighted by Crippen LogP contribution is -2.56. The summed E-state index contributed by atoms with van der Waals surface area (Å²) in [5.41, 5.74) is 0.541. The minimum absolute atomic E-state index is 0.00875. The van der Waals surface area contributed by atoms with Crippen LogP contribution < -0.4 is 20.7 Å². The van der Waals surface area contributed by atoms with E-state index in [2.05, 4.69) is 60.3 Å². The SMILES string of the molecule is COC1C(OC(=O)N[C@@H](COC(=O)NCCCCCCNC(=O)CNS)C(C)C)CCC2(CO2)C1C1(C)OC1CC=C(C)C. The lowest BCUT2D eigenvalue weighted by Gasteiger charge is -2.42. The number of unbranched alkanes of at least 4 members (excludes halogenated alkanes) is 3. The molecule has 2 saturated heterocycles. The van der Waals surface area contributed by atoms with E-state index in [-0.39, 0.29) is 48.7 Å². The predicted molar refractivity (Wildman–Crippen MR) is 169 cm³/mol. The third-order valence-corrected chi connectivity index (χ3v) is 9.09. The molecule has 2 aliphatic heterocycles. The predicted octanol–water partition coefficient (Wildman–Crippen LogP) is 3.65. The summed E-state index contributed by atoms with van der Waals surface area (Å²) in [6.07, 6.45) is 6.10. The molecule has 12 nitrogen and oxygen atoms in total. The van der Waals surface area contributed by atoms with Crippen molar-refractivity contribution in [2.24, 2.45) is 11.8 Å². The zero-order valence-corrected chi connectivity index (χ0v) is 28.1. The number of epoxide rings is 2. The van der Waals surface area contributed by atoms with Crippen molar-refractivity contribution in [1.82, 2.24) is 20.7 Å². The van der Waals surface area contributed by atoms with Gasteiger partial charge in [0.15, 0.2) is 0 Å². The Labute approximate surface area is 268 Å². The van der Waals surface area contributed by atoms with Crippen molar-refractivity contribution in [3.63, 3.8) is 0 Å². The summed E-state index contributed by atoms with van der Waals surface area (Å²) >= 11 is 3.80.